The van der Waals surface area contributed by atoms with E-state index in [1.807, 2.05) is 12.2 Å². The average Bonchev–Trinajstić information content (AvgIpc) is 2.34. The van der Waals surface area contributed by atoms with Crippen LogP contribution in [-0.4, -0.2) is 11.1 Å². The zero-order valence-corrected chi connectivity index (χ0v) is 11.7. The summed E-state index contributed by atoms with van der Waals surface area (Å²) in [6.45, 7) is 2.24. The molecular formula is C16H28O2. The first-order valence-corrected chi connectivity index (χ1v) is 7.29. The topological polar surface area (TPSA) is 37.3 Å². The monoisotopic (exact) mass is 252 g/mol. The Hall–Kier alpha value is -1.05. The van der Waals surface area contributed by atoms with Gasteiger partial charge in [0.25, 0.3) is 0 Å². The van der Waals surface area contributed by atoms with Crippen molar-refractivity contribution < 1.29 is 9.90 Å². The van der Waals surface area contributed by atoms with Crippen LogP contribution in [0.15, 0.2) is 24.3 Å². The van der Waals surface area contributed by atoms with Gasteiger partial charge in [-0.15, -0.1) is 0 Å². The van der Waals surface area contributed by atoms with Gasteiger partial charge in [-0.1, -0.05) is 63.3 Å². The van der Waals surface area contributed by atoms with Gasteiger partial charge in [0.2, 0.25) is 0 Å². The zero-order chi connectivity index (χ0) is 13.5. The Morgan fingerprint density at radius 2 is 1.50 bits per heavy atom. The third-order valence-electron chi connectivity index (χ3n) is 2.85. The van der Waals surface area contributed by atoms with Gasteiger partial charge in [0, 0.05) is 6.42 Å². The van der Waals surface area contributed by atoms with Crippen molar-refractivity contribution >= 4 is 5.97 Å². The number of unbranched alkanes of at least 4 members (excludes halogenated alkanes) is 6. The minimum atomic E-state index is -0.724. The fourth-order valence-electron chi connectivity index (χ4n) is 1.76. The smallest absolute Gasteiger partial charge is 0.303 e. The lowest BCUT2D eigenvalue weighted by molar-refractivity contribution is -0.136. The van der Waals surface area contributed by atoms with Gasteiger partial charge in [0.1, 0.15) is 0 Å². The molecule has 18 heavy (non-hydrogen) atoms. The van der Waals surface area contributed by atoms with Crippen LogP contribution < -0.4 is 0 Å². The normalized spacial score (nSPS) is 11.6. The second kappa shape index (κ2) is 14.0. The molecule has 0 fully saturated rings. The van der Waals surface area contributed by atoms with Gasteiger partial charge in [-0.25, -0.2) is 0 Å². The van der Waals surface area contributed by atoms with Crippen LogP contribution in [0.2, 0.25) is 0 Å². The molecule has 0 aliphatic carbocycles. The Kier molecular flexibility index (Phi) is 13.2. The number of carbonyl (C=O) groups is 1. The van der Waals surface area contributed by atoms with E-state index in [1.165, 1.54) is 44.9 Å². The number of carboxylic acid groups (broad SMARTS) is 1. The first kappa shape index (κ1) is 16.9. The van der Waals surface area contributed by atoms with Crippen LogP contribution in [0.5, 0.6) is 0 Å². The summed E-state index contributed by atoms with van der Waals surface area (Å²) >= 11 is 0. The molecule has 0 aromatic rings. The van der Waals surface area contributed by atoms with E-state index in [9.17, 15) is 4.79 Å². The number of allylic oxidation sites excluding steroid dienone is 4. The summed E-state index contributed by atoms with van der Waals surface area (Å²) in [5.41, 5.74) is 0. The average molecular weight is 252 g/mol. The summed E-state index contributed by atoms with van der Waals surface area (Å²) in [7, 11) is 0. The minimum absolute atomic E-state index is 0.234. The summed E-state index contributed by atoms with van der Waals surface area (Å²) in [5.74, 6) is -0.724. The summed E-state index contributed by atoms with van der Waals surface area (Å²) < 4.78 is 0. The van der Waals surface area contributed by atoms with E-state index in [1.54, 1.807) is 0 Å². The lowest BCUT2D eigenvalue weighted by Gasteiger charge is -1.97. The van der Waals surface area contributed by atoms with E-state index in [0.29, 0.717) is 6.42 Å². The predicted octanol–water partition coefficient (Wildman–Crippen LogP) is 5.10. The molecule has 0 aromatic heterocycles. The fraction of sp³-hybridized carbons (Fsp3) is 0.688. The summed E-state index contributed by atoms with van der Waals surface area (Å²) in [5, 5.41) is 8.44. The number of hydrogen-bond donors (Lipinski definition) is 1. The summed E-state index contributed by atoms with van der Waals surface area (Å²) in [4.78, 5) is 10.3. The van der Waals surface area contributed by atoms with Crippen molar-refractivity contribution in [2.75, 3.05) is 0 Å². The van der Waals surface area contributed by atoms with Crippen LogP contribution in [0.1, 0.15) is 71.1 Å². The summed E-state index contributed by atoms with van der Waals surface area (Å²) in [6, 6.07) is 0. The molecule has 0 aliphatic heterocycles. The maximum Gasteiger partial charge on any atom is 0.303 e. The van der Waals surface area contributed by atoms with Crippen LogP contribution in [-0.2, 0) is 4.79 Å². The molecule has 0 rings (SSSR count). The number of carboxylic acids is 1. The maximum absolute atomic E-state index is 10.3. The number of hydrogen-bond acceptors (Lipinski definition) is 1. The highest BCUT2D eigenvalue weighted by Crippen LogP contribution is 2.07. The molecule has 0 unspecified atom stereocenters. The Morgan fingerprint density at radius 3 is 2.17 bits per heavy atom. The fourth-order valence-corrected chi connectivity index (χ4v) is 1.76. The predicted molar refractivity (Wildman–Crippen MR) is 77.8 cm³/mol. The van der Waals surface area contributed by atoms with E-state index >= 15 is 0 Å². The quantitative estimate of drug-likeness (QED) is 0.387. The molecule has 0 radical (unpaired) electrons. The van der Waals surface area contributed by atoms with Gasteiger partial charge in [0.15, 0.2) is 0 Å². The van der Waals surface area contributed by atoms with E-state index in [0.717, 1.165) is 6.42 Å². The third kappa shape index (κ3) is 14.9. The van der Waals surface area contributed by atoms with Gasteiger partial charge < -0.3 is 5.11 Å². The van der Waals surface area contributed by atoms with Crippen LogP contribution in [0, 0.1) is 0 Å². The number of aliphatic carboxylic acids is 1. The first-order valence-electron chi connectivity index (χ1n) is 7.29. The largest absolute Gasteiger partial charge is 0.481 e. The van der Waals surface area contributed by atoms with Crippen LogP contribution in [0.3, 0.4) is 0 Å². The molecule has 104 valence electrons. The molecule has 0 saturated heterocycles. The summed E-state index contributed by atoms with van der Waals surface area (Å²) in [6.07, 6.45) is 19.5. The van der Waals surface area contributed by atoms with Crippen LogP contribution in [0.25, 0.3) is 0 Å². The molecule has 2 nitrogen and oxygen atoms in total. The Balaban J connectivity index is 3.20. The highest BCUT2D eigenvalue weighted by Gasteiger charge is 1.90. The molecule has 2 heteroatoms. The molecule has 0 aliphatic rings. The Labute approximate surface area is 112 Å². The second-order valence-electron chi connectivity index (χ2n) is 4.67. The highest BCUT2D eigenvalue weighted by atomic mass is 16.4. The van der Waals surface area contributed by atoms with Crippen molar-refractivity contribution in [3.05, 3.63) is 24.3 Å². The van der Waals surface area contributed by atoms with Crippen LogP contribution in [0.4, 0.5) is 0 Å². The molecule has 0 saturated carbocycles. The van der Waals surface area contributed by atoms with Gasteiger partial charge in [-0.3, -0.25) is 4.79 Å². The van der Waals surface area contributed by atoms with Gasteiger partial charge in [-0.2, -0.15) is 0 Å². The lowest BCUT2D eigenvalue weighted by Crippen LogP contribution is -1.91. The maximum atomic E-state index is 10.3. The Morgan fingerprint density at radius 1 is 0.889 bits per heavy atom. The molecule has 0 heterocycles. The molecule has 0 atom stereocenters. The van der Waals surface area contributed by atoms with Crippen LogP contribution >= 0.6 is 0 Å². The van der Waals surface area contributed by atoms with Gasteiger partial charge in [-0.05, 0) is 25.7 Å². The molecule has 0 bridgehead atoms. The molecule has 0 amide bonds. The third-order valence-corrected chi connectivity index (χ3v) is 2.85. The SMILES string of the molecule is CCCCCCCC/C=C/C/C=C/CCC(=O)O. The Bertz CT molecular complexity index is 241. The van der Waals surface area contributed by atoms with Gasteiger partial charge in [0.05, 0.1) is 0 Å². The molecule has 1 N–H and O–H groups in total. The zero-order valence-electron chi connectivity index (χ0n) is 11.7. The van der Waals surface area contributed by atoms with Crippen molar-refractivity contribution in [2.45, 2.75) is 71.1 Å². The van der Waals surface area contributed by atoms with Crippen molar-refractivity contribution in [3.63, 3.8) is 0 Å². The van der Waals surface area contributed by atoms with Crippen molar-refractivity contribution in [3.8, 4) is 0 Å². The molecular weight excluding hydrogens is 224 g/mol. The highest BCUT2D eigenvalue weighted by molar-refractivity contribution is 5.66. The van der Waals surface area contributed by atoms with E-state index < -0.39 is 5.97 Å². The standard InChI is InChI=1S/C16H28O2/c1-2-3-4-5-6-7-8-9-10-11-12-13-14-15-16(17)18/h9-10,12-13H,2-8,11,14-15H2,1H3,(H,17,18)/b10-9+,13-12+. The first-order chi connectivity index (χ1) is 8.77. The van der Waals surface area contributed by atoms with E-state index in [2.05, 4.69) is 19.1 Å². The van der Waals surface area contributed by atoms with Gasteiger partial charge >= 0.3 is 5.97 Å². The van der Waals surface area contributed by atoms with Crippen molar-refractivity contribution in [1.82, 2.24) is 0 Å². The lowest BCUT2D eigenvalue weighted by atomic mass is 10.1. The second-order valence-corrected chi connectivity index (χ2v) is 4.67. The van der Waals surface area contributed by atoms with E-state index in [4.69, 9.17) is 5.11 Å². The number of rotatable bonds is 12. The minimum Gasteiger partial charge on any atom is -0.481 e. The van der Waals surface area contributed by atoms with Crippen molar-refractivity contribution in [2.24, 2.45) is 0 Å². The van der Waals surface area contributed by atoms with E-state index in [-0.39, 0.29) is 6.42 Å². The molecule has 0 aromatic carbocycles. The molecule has 0 spiro atoms. The van der Waals surface area contributed by atoms with Crippen molar-refractivity contribution in [1.29, 1.82) is 0 Å².